The van der Waals surface area contributed by atoms with Crippen LogP contribution < -0.4 is 0 Å². The number of likely N-dealkylation sites (N-methyl/N-ethyl adjacent to an activating group) is 1. The summed E-state index contributed by atoms with van der Waals surface area (Å²) in [5.74, 6) is -0.798. The minimum Gasteiger partial charge on any atom is -0.508 e. The Bertz CT molecular complexity index is 1310. The Morgan fingerprint density at radius 2 is 2.03 bits per heavy atom. The van der Waals surface area contributed by atoms with Gasteiger partial charge in [0.2, 0.25) is 0 Å². The number of phenols is 1. The number of aromatic nitrogens is 1. The number of rotatable bonds is 7. The Labute approximate surface area is 206 Å². The molecule has 3 aromatic rings. The van der Waals surface area contributed by atoms with Crippen LogP contribution in [0.3, 0.4) is 0 Å². The molecule has 184 valence electrons. The number of amides is 3. The first-order valence-electron chi connectivity index (χ1n) is 11.5. The van der Waals surface area contributed by atoms with E-state index in [0.29, 0.717) is 41.7 Å². The van der Waals surface area contributed by atoms with Gasteiger partial charge in [-0.25, -0.2) is 9.18 Å². The molecule has 2 aliphatic heterocycles. The number of aliphatic hydroxyl groups excluding tert-OH is 1. The zero-order chi connectivity index (χ0) is 24.9. The van der Waals surface area contributed by atoms with Crippen molar-refractivity contribution in [1.29, 1.82) is 0 Å². The van der Waals surface area contributed by atoms with Gasteiger partial charge >= 0.3 is 6.03 Å². The fourth-order valence-electron chi connectivity index (χ4n) is 5.20. The highest BCUT2D eigenvalue weighted by atomic mass is 35.5. The topological polar surface area (TPSA) is 100 Å². The molecule has 35 heavy (non-hydrogen) atoms. The van der Waals surface area contributed by atoms with E-state index in [1.54, 1.807) is 29.2 Å². The second-order valence-electron chi connectivity index (χ2n) is 9.11. The van der Waals surface area contributed by atoms with Crippen LogP contribution in [0, 0.1) is 5.82 Å². The Balaban J connectivity index is 1.55. The van der Waals surface area contributed by atoms with Crippen molar-refractivity contribution in [2.75, 3.05) is 33.3 Å². The summed E-state index contributed by atoms with van der Waals surface area (Å²) >= 11 is 6.07. The fraction of sp³-hybridized carbons (Fsp3) is 0.360. The lowest BCUT2D eigenvalue weighted by molar-refractivity contribution is -0.128. The molecule has 2 aliphatic rings. The maximum Gasteiger partial charge on any atom is 0.328 e. The van der Waals surface area contributed by atoms with E-state index < -0.39 is 23.9 Å². The number of halogens is 2. The molecule has 0 bridgehead atoms. The number of urea groups is 1. The number of hydrogen-bond donors (Lipinski definition) is 3. The van der Waals surface area contributed by atoms with Crippen molar-refractivity contribution >= 4 is 34.4 Å². The first kappa shape index (κ1) is 23.6. The van der Waals surface area contributed by atoms with E-state index in [2.05, 4.69) is 4.98 Å². The van der Waals surface area contributed by atoms with E-state index in [1.807, 2.05) is 11.9 Å². The summed E-state index contributed by atoms with van der Waals surface area (Å²) in [5, 5.41) is 19.9. The quantitative estimate of drug-likeness (QED) is 0.432. The predicted octanol–water partition coefficient (Wildman–Crippen LogP) is 3.26. The molecule has 1 fully saturated rings. The van der Waals surface area contributed by atoms with E-state index in [-0.39, 0.29) is 36.3 Å². The Kier molecular flexibility index (Phi) is 6.16. The number of H-pyrrole nitrogens is 1. The maximum atomic E-state index is 14.2. The molecule has 3 N–H and O–H groups in total. The largest absolute Gasteiger partial charge is 0.508 e. The van der Waals surface area contributed by atoms with Crippen molar-refractivity contribution in [2.24, 2.45) is 0 Å². The second-order valence-corrected chi connectivity index (χ2v) is 9.51. The fourth-order valence-corrected chi connectivity index (χ4v) is 5.37. The van der Waals surface area contributed by atoms with Gasteiger partial charge < -0.3 is 20.1 Å². The molecule has 0 radical (unpaired) electrons. The van der Waals surface area contributed by atoms with Crippen LogP contribution in [0.5, 0.6) is 5.75 Å². The summed E-state index contributed by atoms with van der Waals surface area (Å²) in [6, 6.07) is 7.67. The van der Waals surface area contributed by atoms with Gasteiger partial charge in [-0.3, -0.25) is 14.6 Å². The van der Waals surface area contributed by atoms with Crippen LogP contribution in [0.2, 0.25) is 5.02 Å². The van der Waals surface area contributed by atoms with E-state index >= 15 is 0 Å². The monoisotopic (exact) mass is 500 g/mol. The number of aliphatic hydroxyl groups is 1. The van der Waals surface area contributed by atoms with Crippen LogP contribution >= 0.6 is 11.6 Å². The number of phenolic OH excluding ortho intramolecular Hbond substituents is 1. The molecular formula is C25H26ClFN4O4. The van der Waals surface area contributed by atoms with E-state index in [0.717, 1.165) is 5.56 Å². The van der Waals surface area contributed by atoms with Crippen molar-refractivity contribution in [3.05, 3.63) is 64.1 Å². The Hall–Kier alpha value is -3.14. The summed E-state index contributed by atoms with van der Waals surface area (Å²) < 4.78 is 14.2. The average molecular weight is 501 g/mol. The third-order valence-electron chi connectivity index (χ3n) is 6.86. The van der Waals surface area contributed by atoms with Gasteiger partial charge in [-0.1, -0.05) is 23.7 Å². The molecule has 2 atom stereocenters. The minimum absolute atomic E-state index is 0.0157. The average Bonchev–Trinajstić information content (AvgIpc) is 3.28. The van der Waals surface area contributed by atoms with Crippen LogP contribution in [-0.4, -0.2) is 81.2 Å². The lowest BCUT2D eigenvalue weighted by atomic mass is 9.89. The van der Waals surface area contributed by atoms with E-state index in [4.69, 9.17) is 16.7 Å². The molecule has 10 heteroatoms. The number of nitrogens with one attached hydrogen (secondary N) is 1. The molecule has 8 nitrogen and oxygen atoms in total. The highest BCUT2D eigenvalue weighted by Gasteiger charge is 2.52. The van der Waals surface area contributed by atoms with Gasteiger partial charge in [0, 0.05) is 36.1 Å². The third-order valence-corrected chi connectivity index (χ3v) is 7.15. The van der Waals surface area contributed by atoms with Crippen LogP contribution in [0.1, 0.15) is 29.3 Å². The van der Waals surface area contributed by atoms with Gasteiger partial charge in [0.1, 0.15) is 23.7 Å². The molecule has 0 spiro atoms. The lowest BCUT2D eigenvalue weighted by Gasteiger charge is -2.36. The summed E-state index contributed by atoms with van der Waals surface area (Å²) in [6.45, 7) is 1.45. The van der Waals surface area contributed by atoms with Gasteiger partial charge in [0.05, 0.1) is 11.6 Å². The molecule has 1 aromatic heterocycles. The second kappa shape index (κ2) is 9.14. The number of fused-ring (bicyclic) bond motifs is 4. The molecule has 0 saturated carbocycles. The predicted molar refractivity (Wildman–Crippen MR) is 129 cm³/mol. The first-order chi connectivity index (χ1) is 16.8. The van der Waals surface area contributed by atoms with E-state index in [1.165, 1.54) is 17.0 Å². The minimum atomic E-state index is -0.722. The summed E-state index contributed by atoms with van der Waals surface area (Å²) in [4.78, 5) is 35.1. The maximum absolute atomic E-state index is 14.2. The van der Waals surface area contributed by atoms with Crippen LogP contribution in [0.25, 0.3) is 10.9 Å². The van der Waals surface area contributed by atoms with Crippen molar-refractivity contribution in [2.45, 2.75) is 24.9 Å². The number of imide groups is 1. The Morgan fingerprint density at radius 1 is 1.23 bits per heavy atom. The Morgan fingerprint density at radius 3 is 2.77 bits per heavy atom. The zero-order valence-electron chi connectivity index (χ0n) is 19.2. The number of carbonyl (C=O) groups is 2. The van der Waals surface area contributed by atoms with E-state index in [9.17, 15) is 19.1 Å². The van der Waals surface area contributed by atoms with Gasteiger partial charge in [-0.2, -0.15) is 0 Å². The number of carbonyl (C=O) groups excluding carboxylic acids is 2. The standard InChI is InChI=1S/C25H26ClFN4O4/c1-29(8-9-32)6-3-7-30-24(34)21-12-17-16-11-18(26)19(27)13-20(16)28-22(17)23(31(21)25(30)35)14-4-2-5-15(33)10-14/h2,4-5,10-11,13,21,23,28,32-33H,3,6-9,12H2,1H3/t21-,23?/m0/s1. The summed E-state index contributed by atoms with van der Waals surface area (Å²) in [5.41, 5.74) is 2.66. The van der Waals surface area contributed by atoms with Crippen LogP contribution in [-0.2, 0) is 11.2 Å². The van der Waals surface area contributed by atoms with Gasteiger partial charge in [-0.15, -0.1) is 0 Å². The smallest absolute Gasteiger partial charge is 0.328 e. The molecule has 3 amide bonds. The number of aromatic amines is 1. The van der Waals surface area contributed by atoms with Crippen molar-refractivity contribution in [1.82, 2.24) is 19.7 Å². The van der Waals surface area contributed by atoms with Crippen molar-refractivity contribution < 1.29 is 24.2 Å². The van der Waals surface area contributed by atoms with Crippen LogP contribution in [0.15, 0.2) is 36.4 Å². The zero-order valence-corrected chi connectivity index (χ0v) is 19.9. The first-order valence-corrected chi connectivity index (χ1v) is 11.9. The number of hydrogen-bond acceptors (Lipinski definition) is 5. The number of nitrogens with zero attached hydrogens (tertiary/aromatic N) is 3. The van der Waals surface area contributed by atoms with Crippen molar-refractivity contribution in [3.63, 3.8) is 0 Å². The number of benzene rings is 2. The third kappa shape index (κ3) is 4.03. The molecule has 1 saturated heterocycles. The lowest BCUT2D eigenvalue weighted by Crippen LogP contribution is -2.44. The molecule has 3 heterocycles. The highest BCUT2D eigenvalue weighted by Crippen LogP contribution is 2.45. The van der Waals surface area contributed by atoms with Gasteiger partial charge in [0.15, 0.2) is 0 Å². The molecular weight excluding hydrogens is 475 g/mol. The molecule has 2 aromatic carbocycles. The highest BCUT2D eigenvalue weighted by molar-refractivity contribution is 6.31. The molecule has 0 aliphatic carbocycles. The normalized spacial score (nSPS) is 19.7. The van der Waals surface area contributed by atoms with Crippen molar-refractivity contribution in [3.8, 4) is 5.75 Å². The molecule has 1 unspecified atom stereocenters. The van der Waals surface area contributed by atoms with Gasteiger partial charge in [-0.05, 0) is 55.4 Å². The van der Waals surface area contributed by atoms with Gasteiger partial charge in [0.25, 0.3) is 5.91 Å². The summed E-state index contributed by atoms with van der Waals surface area (Å²) in [7, 11) is 1.87. The number of aromatic hydroxyl groups is 1. The molecule has 5 rings (SSSR count). The summed E-state index contributed by atoms with van der Waals surface area (Å²) in [6.07, 6.45) is 0.854. The van der Waals surface area contributed by atoms with Crippen LogP contribution in [0.4, 0.5) is 9.18 Å². The SMILES string of the molecule is CN(CCO)CCCN1C(=O)[C@@H]2Cc3c([nH]c4cc(F)c(Cl)cc34)C(c3cccc(O)c3)N2C1=O.